The third kappa shape index (κ3) is 4.77. The van der Waals surface area contributed by atoms with E-state index in [1.165, 1.54) is 6.08 Å². The Morgan fingerprint density at radius 1 is 1.12 bits per heavy atom. The van der Waals surface area contributed by atoms with Gasteiger partial charge in [0.2, 0.25) is 5.91 Å². The lowest BCUT2D eigenvalue weighted by atomic mass is 10.1. The average molecular weight is 360 g/mol. The van der Waals surface area contributed by atoms with Crippen molar-refractivity contribution in [2.75, 3.05) is 21.3 Å². The summed E-state index contributed by atoms with van der Waals surface area (Å²) >= 11 is 5.92. The quantitative estimate of drug-likeness (QED) is 0.708. The lowest BCUT2D eigenvalue weighted by Crippen LogP contribution is -2.27. The van der Waals surface area contributed by atoms with Crippen molar-refractivity contribution in [1.82, 2.24) is 4.90 Å². The molecule has 4 nitrogen and oxygen atoms in total. The highest BCUT2D eigenvalue weighted by atomic mass is 35.5. The van der Waals surface area contributed by atoms with Gasteiger partial charge in [0, 0.05) is 23.7 Å². The number of rotatable bonds is 6. The molecule has 2 aromatic rings. The number of carbonyl (C=O) groups excluding carboxylic acids is 1. The third-order valence-corrected chi connectivity index (χ3v) is 4.38. The minimum Gasteiger partial charge on any atom is -0.497 e. The first-order valence-corrected chi connectivity index (χ1v) is 8.26. The number of hydrogen-bond acceptors (Lipinski definition) is 3. The smallest absolute Gasteiger partial charge is 0.246 e. The maximum Gasteiger partial charge on any atom is 0.246 e. The summed E-state index contributed by atoms with van der Waals surface area (Å²) < 4.78 is 10.5. The van der Waals surface area contributed by atoms with Gasteiger partial charge in [-0.15, -0.1) is 0 Å². The molecule has 0 fully saturated rings. The zero-order valence-corrected chi connectivity index (χ0v) is 15.6. The second kappa shape index (κ2) is 8.58. The molecule has 0 N–H and O–H groups in total. The highest BCUT2D eigenvalue weighted by Crippen LogP contribution is 2.26. The molecular formula is C20H22ClNO3. The van der Waals surface area contributed by atoms with Crippen molar-refractivity contribution in [3.05, 3.63) is 64.7 Å². The van der Waals surface area contributed by atoms with Gasteiger partial charge in [-0.1, -0.05) is 23.7 Å². The van der Waals surface area contributed by atoms with Crippen molar-refractivity contribution in [1.29, 1.82) is 0 Å². The molecule has 5 heteroatoms. The first-order chi connectivity index (χ1) is 12.0. The van der Waals surface area contributed by atoms with E-state index in [9.17, 15) is 4.79 Å². The number of hydrogen-bond donors (Lipinski definition) is 0. The van der Waals surface area contributed by atoms with Crippen LogP contribution >= 0.6 is 11.6 Å². The predicted octanol–water partition coefficient (Wildman–Crippen LogP) is 4.59. The van der Waals surface area contributed by atoms with Crippen molar-refractivity contribution in [2.45, 2.75) is 13.0 Å². The lowest BCUT2D eigenvalue weighted by molar-refractivity contribution is -0.126. The molecule has 0 heterocycles. The Bertz CT molecular complexity index is 756. The van der Waals surface area contributed by atoms with E-state index in [2.05, 4.69) is 0 Å². The summed E-state index contributed by atoms with van der Waals surface area (Å²) in [5.41, 5.74) is 1.80. The fraction of sp³-hybridized carbons (Fsp3) is 0.250. The van der Waals surface area contributed by atoms with Gasteiger partial charge in [-0.05, 0) is 48.9 Å². The van der Waals surface area contributed by atoms with E-state index in [1.807, 2.05) is 49.4 Å². The van der Waals surface area contributed by atoms with E-state index in [1.54, 1.807) is 32.2 Å². The molecule has 2 rings (SSSR count). The topological polar surface area (TPSA) is 38.8 Å². The maximum atomic E-state index is 12.5. The molecular weight excluding hydrogens is 338 g/mol. The van der Waals surface area contributed by atoms with E-state index in [0.29, 0.717) is 16.5 Å². The van der Waals surface area contributed by atoms with Gasteiger partial charge in [-0.25, -0.2) is 0 Å². The fourth-order valence-electron chi connectivity index (χ4n) is 2.40. The van der Waals surface area contributed by atoms with Crippen molar-refractivity contribution in [2.24, 2.45) is 0 Å². The van der Waals surface area contributed by atoms with Crippen molar-refractivity contribution in [3.8, 4) is 11.5 Å². The van der Waals surface area contributed by atoms with Crippen LogP contribution < -0.4 is 9.47 Å². The number of likely N-dealkylation sites (N-methyl/N-ethyl adjacent to an activating group) is 1. The van der Waals surface area contributed by atoms with Gasteiger partial charge < -0.3 is 14.4 Å². The molecule has 132 valence electrons. The predicted molar refractivity (Wildman–Crippen MR) is 101 cm³/mol. The standard InChI is InChI=1S/C20H22ClNO3/c1-14(15-5-8-17(21)9-6-15)22(2)20(23)12-7-16-13-18(24-3)10-11-19(16)25-4/h5-14H,1-4H3/b12-7+. The van der Waals surface area contributed by atoms with E-state index in [-0.39, 0.29) is 11.9 Å². The molecule has 1 atom stereocenters. The Morgan fingerprint density at radius 2 is 1.80 bits per heavy atom. The molecule has 1 amide bonds. The molecule has 0 spiro atoms. The van der Waals surface area contributed by atoms with Crippen LogP contribution in [0.3, 0.4) is 0 Å². The number of benzene rings is 2. The van der Waals surface area contributed by atoms with Crippen molar-refractivity contribution >= 4 is 23.6 Å². The van der Waals surface area contributed by atoms with Crippen LogP contribution in [0.15, 0.2) is 48.5 Å². The number of ether oxygens (including phenoxy) is 2. The molecule has 0 saturated carbocycles. The largest absolute Gasteiger partial charge is 0.497 e. The monoisotopic (exact) mass is 359 g/mol. The van der Waals surface area contributed by atoms with Gasteiger partial charge in [0.1, 0.15) is 11.5 Å². The molecule has 1 unspecified atom stereocenters. The summed E-state index contributed by atoms with van der Waals surface area (Å²) in [6.07, 6.45) is 3.26. The molecule has 0 saturated heterocycles. The molecule has 0 aliphatic heterocycles. The second-order valence-electron chi connectivity index (χ2n) is 5.62. The number of carbonyl (C=O) groups is 1. The van der Waals surface area contributed by atoms with Crippen LogP contribution in [0.1, 0.15) is 24.1 Å². The molecule has 25 heavy (non-hydrogen) atoms. The number of methoxy groups -OCH3 is 2. The van der Waals surface area contributed by atoms with Crippen LogP contribution in [0.25, 0.3) is 6.08 Å². The molecule has 0 aromatic heterocycles. The maximum absolute atomic E-state index is 12.5. The van der Waals surface area contributed by atoms with Gasteiger partial charge in [0.05, 0.1) is 20.3 Å². The van der Waals surface area contributed by atoms with E-state index < -0.39 is 0 Å². The second-order valence-corrected chi connectivity index (χ2v) is 6.05. The minimum absolute atomic E-state index is 0.0679. The van der Waals surface area contributed by atoms with Gasteiger partial charge in [-0.3, -0.25) is 4.79 Å². The van der Waals surface area contributed by atoms with Gasteiger partial charge in [0.25, 0.3) is 0 Å². The Balaban J connectivity index is 2.15. The highest BCUT2D eigenvalue weighted by Gasteiger charge is 2.15. The summed E-state index contributed by atoms with van der Waals surface area (Å²) in [6, 6.07) is 12.9. The highest BCUT2D eigenvalue weighted by molar-refractivity contribution is 6.30. The van der Waals surface area contributed by atoms with Crippen LogP contribution in [-0.2, 0) is 4.79 Å². The Hall–Kier alpha value is -2.46. The van der Waals surface area contributed by atoms with Gasteiger partial charge in [0.15, 0.2) is 0 Å². The van der Waals surface area contributed by atoms with E-state index >= 15 is 0 Å². The van der Waals surface area contributed by atoms with Crippen LogP contribution in [-0.4, -0.2) is 32.1 Å². The summed E-state index contributed by atoms with van der Waals surface area (Å²) in [5, 5.41) is 0.676. The summed E-state index contributed by atoms with van der Waals surface area (Å²) in [5.74, 6) is 1.28. The Morgan fingerprint density at radius 3 is 2.40 bits per heavy atom. The molecule has 2 aromatic carbocycles. The zero-order chi connectivity index (χ0) is 18.4. The third-order valence-electron chi connectivity index (χ3n) is 4.12. The first kappa shape index (κ1) is 18.9. The average Bonchev–Trinajstić information content (AvgIpc) is 2.65. The Kier molecular flexibility index (Phi) is 6.48. The first-order valence-electron chi connectivity index (χ1n) is 7.88. The zero-order valence-electron chi connectivity index (χ0n) is 14.8. The lowest BCUT2D eigenvalue weighted by Gasteiger charge is -2.24. The molecule has 0 bridgehead atoms. The van der Waals surface area contributed by atoms with Crippen LogP contribution in [0.5, 0.6) is 11.5 Å². The summed E-state index contributed by atoms with van der Waals surface area (Å²) in [4.78, 5) is 14.2. The SMILES string of the molecule is COc1ccc(OC)c(/C=C/C(=O)N(C)C(C)c2ccc(Cl)cc2)c1. The minimum atomic E-state index is -0.104. The number of nitrogens with zero attached hydrogens (tertiary/aromatic N) is 1. The van der Waals surface area contributed by atoms with E-state index in [4.69, 9.17) is 21.1 Å². The number of amides is 1. The molecule has 0 aliphatic rings. The normalized spacial score (nSPS) is 12.0. The molecule has 0 aliphatic carbocycles. The van der Waals surface area contributed by atoms with Crippen molar-refractivity contribution < 1.29 is 14.3 Å². The summed E-state index contributed by atoms with van der Waals surface area (Å²) in [6.45, 7) is 1.97. The van der Waals surface area contributed by atoms with Crippen molar-refractivity contribution in [3.63, 3.8) is 0 Å². The summed E-state index contributed by atoms with van der Waals surface area (Å²) in [7, 11) is 4.96. The van der Waals surface area contributed by atoms with Gasteiger partial charge in [-0.2, -0.15) is 0 Å². The molecule has 0 radical (unpaired) electrons. The van der Waals surface area contributed by atoms with Gasteiger partial charge >= 0.3 is 0 Å². The van der Waals surface area contributed by atoms with Crippen LogP contribution in [0, 0.1) is 0 Å². The fourth-order valence-corrected chi connectivity index (χ4v) is 2.53. The van der Waals surface area contributed by atoms with Crippen LogP contribution in [0.2, 0.25) is 5.02 Å². The van der Waals surface area contributed by atoms with E-state index in [0.717, 1.165) is 11.1 Å². The number of halogens is 1. The Labute approximate surface area is 153 Å². The van der Waals surface area contributed by atoms with Crippen LogP contribution in [0.4, 0.5) is 0 Å².